The molecule has 26 heavy (non-hydrogen) atoms. The van der Waals surface area contributed by atoms with Crippen LogP contribution in [-0.4, -0.2) is 17.8 Å². The first-order valence-corrected chi connectivity index (χ1v) is 9.14. The largest absolute Gasteiger partial charge is 0.494 e. The van der Waals surface area contributed by atoms with Crippen molar-refractivity contribution in [2.45, 2.75) is 13.8 Å². The van der Waals surface area contributed by atoms with E-state index in [9.17, 15) is 9.59 Å². The van der Waals surface area contributed by atoms with Gasteiger partial charge in [0.2, 0.25) is 0 Å². The fraction of sp³-hybridized carbons (Fsp3) is 0.143. The zero-order valence-electron chi connectivity index (χ0n) is 14.6. The van der Waals surface area contributed by atoms with Crippen molar-refractivity contribution < 1.29 is 14.3 Å². The highest BCUT2D eigenvalue weighted by Gasteiger charge is 2.36. The van der Waals surface area contributed by atoms with Crippen LogP contribution in [0.3, 0.4) is 0 Å². The Morgan fingerprint density at radius 1 is 1.08 bits per heavy atom. The van der Waals surface area contributed by atoms with E-state index >= 15 is 0 Å². The first-order chi connectivity index (χ1) is 12.6. The standard InChI is InChI=1S/C21H19NO3S/c1-3-25-18-11-9-17(10-12-18)22-20(23)19(26-21(22)24)14-15(2)13-16-7-5-4-6-8-16/h4-14H,3H2,1-2H3/b15-13+,19-14-. The Labute approximate surface area is 157 Å². The van der Waals surface area contributed by atoms with Crippen LogP contribution in [0.15, 0.2) is 71.2 Å². The van der Waals surface area contributed by atoms with Crippen molar-refractivity contribution in [1.82, 2.24) is 0 Å². The second kappa shape index (κ2) is 8.06. The van der Waals surface area contributed by atoms with Gasteiger partial charge in [0.1, 0.15) is 5.75 Å². The van der Waals surface area contributed by atoms with Crippen LogP contribution < -0.4 is 9.64 Å². The molecule has 3 rings (SSSR count). The molecule has 0 saturated carbocycles. The van der Waals surface area contributed by atoms with E-state index in [2.05, 4.69) is 0 Å². The van der Waals surface area contributed by atoms with E-state index in [0.29, 0.717) is 22.9 Å². The van der Waals surface area contributed by atoms with Gasteiger partial charge in [0.25, 0.3) is 11.1 Å². The molecule has 0 aromatic heterocycles. The van der Waals surface area contributed by atoms with Crippen LogP contribution in [0.2, 0.25) is 0 Å². The zero-order valence-corrected chi connectivity index (χ0v) is 15.5. The summed E-state index contributed by atoms with van der Waals surface area (Å²) in [5.41, 5.74) is 2.50. The van der Waals surface area contributed by atoms with Gasteiger partial charge in [-0.25, -0.2) is 4.90 Å². The minimum atomic E-state index is -0.301. The molecule has 2 amide bonds. The van der Waals surface area contributed by atoms with Crippen LogP contribution in [-0.2, 0) is 4.79 Å². The van der Waals surface area contributed by atoms with Gasteiger partial charge in [-0.15, -0.1) is 0 Å². The van der Waals surface area contributed by atoms with Gasteiger partial charge in [-0.2, -0.15) is 0 Å². The second-order valence-electron chi connectivity index (χ2n) is 5.74. The third kappa shape index (κ3) is 4.06. The summed E-state index contributed by atoms with van der Waals surface area (Å²) in [6, 6.07) is 16.8. The number of benzene rings is 2. The van der Waals surface area contributed by atoms with Crippen molar-refractivity contribution in [1.29, 1.82) is 0 Å². The zero-order chi connectivity index (χ0) is 18.5. The van der Waals surface area contributed by atoms with Crippen LogP contribution >= 0.6 is 11.8 Å². The molecule has 0 atom stereocenters. The van der Waals surface area contributed by atoms with Gasteiger partial charge in [0, 0.05) is 0 Å². The quantitative estimate of drug-likeness (QED) is 0.677. The van der Waals surface area contributed by atoms with Gasteiger partial charge in [0.05, 0.1) is 17.2 Å². The predicted molar refractivity (Wildman–Crippen MR) is 106 cm³/mol. The SMILES string of the molecule is CCOc1ccc(N2C(=O)S/C(=C\C(C)=C\c3ccccc3)C2=O)cc1. The van der Waals surface area contributed by atoms with Crippen molar-refractivity contribution in [3.05, 3.63) is 76.7 Å². The number of nitrogens with zero attached hydrogens (tertiary/aromatic N) is 1. The van der Waals surface area contributed by atoms with E-state index in [1.165, 1.54) is 4.90 Å². The van der Waals surface area contributed by atoms with Gasteiger partial charge in [-0.05, 0) is 67.1 Å². The fourth-order valence-electron chi connectivity index (χ4n) is 2.61. The average Bonchev–Trinajstić information content (AvgIpc) is 2.90. The Bertz CT molecular complexity index is 870. The van der Waals surface area contributed by atoms with Gasteiger partial charge < -0.3 is 4.74 Å². The predicted octanol–water partition coefficient (Wildman–Crippen LogP) is 5.27. The molecule has 1 fully saturated rings. The summed E-state index contributed by atoms with van der Waals surface area (Å²) in [4.78, 5) is 26.6. The molecule has 1 aliphatic heterocycles. The Hall–Kier alpha value is -2.79. The maximum absolute atomic E-state index is 12.7. The molecular formula is C21H19NO3S. The highest BCUT2D eigenvalue weighted by atomic mass is 32.2. The molecule has 4 nitrogen and oxygen atoms in total. The highest BCUT2D eigenvalue weighted by Crippen LogP contribution is 2.35. The first-order valence-electron chi connectivity index (χ1n) is 8.32. The number of carbonyl (C=O) groups is 2. The molecule has 0 spiro atoms. The first kappa shape index (κ1) is 18.0. The number of hydrogen-bond acceptors (Lipinski definition) is 4. The lowest BCUT2D eigenvalue weighted by molar-refractivity contribution is -0.113. The fourth-order valence-corrected chi connectivity index (χ4v) is 3.50. The van der Waals surface area contributed by atoms with E-state index in [-0.39, 0.29) is 11.1 Å². The van der Waals surface area contributed by atoms with E-state index in [0.717, 1.165) is 22.9 Å². The molecule has 0 N–H and O–H groups in total. The Kier molecular flexibility index (Phi) is 5.58. The van der Waals surface area contributed by atoms with E-state index in [1.807, 2.05) is 50.3 Å². The summed E-state index contributed by atoms with van der Waals surface area (Å²) in [5, 5.41) is -0.294. The number of amides is 2. The lowest BCUT2D eigenvalue weighted by Crippen LogP contribution is -2.27. The minimum Gasteiger partial charge on any atom is -0.494 e. The Morgan fingerprint density at radius 3 is 2.42 bits per heavy atom. The van der Waals surface area contributed by atoms with Crippen LogP contribution in [0.4, 0.5) is 10.5 Å². The topological polar surface area (TPSA) is 46.6 Å². The minimum absolute atomic E-state index is 0.294. The number of ether oxygens (including phenoxy) is 1. The molecule has 5 heteroatoms. The van der Waals surface area contributed by atoms with Crippen LogP contribution in [0.1, 0.15) is 19.4 Å². The molecule has 2 aromatic rings. The molecular weight excluding hydrogens is 346 g/mol. The molecule has 0 bridgehead atoms. The Balaban J connectivity index is 1.81. The summed E-state index contributed by atoms with van der Waals surface area (Å²) >= 11 is 0.956. The maximum Gasteiger partial charge on any atom is 0.298 e. The number of hydrogen-bond donors (Lipinski definition) is 0. The second-order valence-corrected chi connectivity index (χ2v) is 6.74. The number of anilines is 1. The molecule has 0 unspecified atom stereocenters. The van der Waals surface area contributed by atoms with E-state index in [4.69, 9.17) is 4.74 Å². The van der Waals surface area contributed by atoms with Gasteiger partial charge in [0.15, 0.2) is 0 Å². The molecule has 0 aliphatic carbocycles. The molecule has 2 aromatic carbocycles. The monoisotopic (exact) mass is 365 g/mol. The normalized spacial score (nSPS) is 16.5. The van der Waals surface area contributed by atoms with Crippen LogP contribution in [0.25, 0.3) is 6.08 Å². The number of rotatable bonds is 5. The van der Waals surface area contributed by atoms with Crippen molar-refractivity contribution in [2.75, 3.05) is 11.5 Å². The summed E-state index contributed by atoms with van der Waals surface area (Å²) in [5.74, 6) is 0.408. The molecule has 1 aliphatic rings. The number of carbonyl (C=O) groups excluding carboxylic acids is 2. The summed E-state index contributed by atoms with van der Waals surface area (Å²) < 4.78 is 5.40. The highest BCUT2D eigenvalue weighted by molar-refractivity contribution is 8.18. The van der Waals surface area contributed by atoms with Gasteiger partial charge in [-0.1, -0.05) is 36.4 Å². The summed E-state index contributed by atoms with van der Waals surface area (Å²) in [6.45, 7) is 4.38. The third-order valence-electron chi connectivity index (χ3n) is 3.75. The Morgan fingerprint density at radius 2 is 1.77 bits per heavy atom. The molecule has 1 heterocycles. The number of imide groups is 1. The smallest absolute Gasteiger partial charge is 0.298 e. The molecule has 0 radical (unpaired) electrons. The van der Waals surface area contributed by atoms with Crippen molar-refractivity contribution in [2.24, 2.45) is 0 Å². The number of thioether (sulfide) groups is 1. The van der Waals surface area contributed by atoms with Crippen molar-refractivity contribution >= 4 is 34.7 Å². The van der Waals surface area contributed by atoms with Crippen molar-refractivity contribution in [3.8, 4) is 5.75 Å². The summed E-state index contributed by atoms with van der Waals surface area (Å²) in [7, 11) is 0. The third-order valence-corrected chi connectivity index (χ3v) is 4.62. The molecule has 1 saturated heterocycles. The average molecular weight is 365 g/mol. The van der Waals surface area contributed by atoms with Crippen LogP contribution in [0.5, 0.6) is 5.75 Å². The lowest BCUT2D eigenvalue weighted by atomic mass is 10.1. The number of allylic oxidation sites excluding steroid dienone is 2. The van der Waals surface area contributed by atoms with Crippen LogP contribution in [0, 0.1) is 0 Å². The van der Waals surface area contributed by atoms with Gasteiger partial charge in [-0.3, -0.25) is 9.59 Å². The maximum atomic E-state index is 12.7. The van der Waals surface area contributed by atoms with Crippen molar-refractivity contribution in [3.63, 3.8) is 0 Å². The molecule has 132 valence electrons. The van der Waals surface area contributed by atoms with E-state index < -0.39 is 0 Å². The lowest BCUT2D eigenvalue weighted by Gasteiger charge is -2.13. The van der Waals surface area contributed by atoms with E-state index in [1.54, 1.807) is 30.3 Å². The van der Waals surface area contributed by atoms with Gasteiger partial charge >= 0.3 is 0 Å². The summed E-state index contributed by atoms with van der Waals surface area (Å²) in [6.07, 6.45) is 3.73.